The van der Waals surface area contributed by atoms with Gasteiger partial charge in [-0.15, -0.1) is 0 Å². The molecule has 92 valence electrons. The van der Waals surface area contributed by atoms with Crippen molar-refractivity contribution < 1.29 is 4.74 Å². The van der Waals surface area contributed by atoms with Crippen LogP contribution in [0.2, 0.25) is 10.0 Å². The van der Waals surface area contributed by atoms with Crippen LogP contribution in [0.4, 0.5) is 5.69 Å². The van der Waals surface area contributed by atoms with Crippen LogP contribution in [0.3, 0.4) is 0 Å². The third kappa shape index (κ3) is 2.61. The molecule has 0 amide bonds. The highest BCUT2D eigenvalue weighted by Gasteiger charge is 2.11. The molecule has 0 aliphatic heterocycles. The molecule has 0 unspecified atom stereocenters. The number of pyridine rings is 1. The predicted molar refractivity (Wildman–Crippen MR) is 75.7 cm³/mol. The Morgan fingerprint density at radius 2 is 1.89 bits per heavy atom. The first-order chi connectivity index (χ1) is 8.65. The second-order valence-electron chi connectivity index (χ2n) is 3.46. The molecule has 0 aliphatic rings. The highest BCUT2D eigenvalue weighted by Crippen LogP contribution is 2.38. The zero-order valence-electron chi connectivity index (χ0n) is 9.35. The molecule has 2 aromatic rings. The number of benzene rings is 1. The molecule has 0 radical (unpaired) electrons. The summed E-state index contributed by atoms with van der Waals surface area (Å²) in [5.41, 5.74) is 2.07. The van der Waals surface area contributed by atoms with Gasteiger partial charge in [-0.25, -0.2) is 4.98 Å². The fraction of sp³-hybridized carbons (Fsp3) is 0.0833. The Labute approximate surface area is 120 Å². The topological polar surface area (TPSA) is 34.5 Å². The van der Waals surface area contributed by atoms with E-state index in [1.54, 1.807) is 31.5 Å². The minimum absolute atomic E-state index is 0.484. The van der Waals surface area contributed by atoms with Gasteiger partial charge in [0.2, 0.25) is 5.88 Å². The molecular formula is C12H8Cl2N2OS. The Morgan fingerprint density at radius 3 is 2.33 bits per heavy atom. The number of hydrogen-bond acceptors (Lipinski definition) is 4. The van der Waals surface area contributed by atoms with Gasteiger partial charge < -0.3 is 4.74 Å². The van der Waals surface area contributed by atoms with Crippen molar-refractivity contribution in [1.82, 2.24) is 4.98 Å². The fourth-order valence-corrected chi connectivity index (χ4v) is 2.34. The van der Waals surface area contributed by atoms with E-state index in [0.29, 0.717) is 27.2 Å². The normalized spacial score (nSPS) is 10.2. The van der Waals surface area contributed by atoms with Gasteiger partial charge in [-0.1, -0.05) is 23.2 Å². The van der Waals surface area contributed by atoms with E-state index in [4.69, 9.17) is 27.9 Å². The molecular weight excluding hydrogens is 291 g/mol. The van der Waals surface area contributed by atoms with Crippen LogP contribution in [0.1, 0.15) is 0 Å². The van der Waals surface area contributed by atoms with Gasteiger partial charge in [0.05, 0.1) is 22.8 Å². The highest BCUT2D eigenvalue weighted by atomic mass is 35.5. The molecule has 0 N–H and O–H groups in total. The Balaban J connectivity index is 2.52. The standard InChI is InChI=1S/C12H8Cl2N2OS/c1-17-11-3-2-7(6-15-11)12-9(13)4-8(16-18)5-10(12)14/h2-6H,1H3. The van der Waals surface area contributed by atoms with Gasteiger partial charge in [-0.3, -0.25) is 0 Å². The summed E-state index contributed by atoms with van der Waals surface area (Å²) < 4.78 is 8.63. The van der Waals surface area contributed by atoms with E-state index in [1.807, 2.05) is 6.07 Å². The first-order valence-corrected chi connectivity index (χ1v) is 6.10. The second-order valence-corrected chi connectivity index (χ2v) is 4.46. The van der Waals surface area contributed by atoms with Crippen LogP contribution in [0.15, 0.2) is 34.8 Å². The number of ether oxygens (including phenoxy) is 1. The number of halogens is 2. The third-order valence-corrected chi connectivity index (χ3v) is 3.17. The average molecular weight is 299 g/mol. The molecule has 0 bridgehead atoms. The number of nitrogens with zero attached hydrogens (tertiary/aromatic N) is 2. The average Bonchev–Trinajstić information content (AvgIpc) is 2.38. The molecule has 0 atom stereocenters. The molecule has 18 heavy (non-hydrogen) atoms. The molecule has 2 rings (SSSR count). The van der Waals surface area contributed by atoms with Crippen molar-refractivity contribution in [1.29, 1.82) is 0 Å². The Bertz CT molecular complexity index is 564. The lowest BCUT2D eigenvalue weighted by Crippen LogP contribution is -1.88. The maximum atomic E-state index is 6.17. The van der Waals surface area contributed by atoms with Gasteiger partial charge in [-0.05, 0) is 18.2 Å². The highest BCUT2D eigenvalue weighted by molar-refractivity contribution is 7.47. The molecule has 1 heterocycles. The van der Waals surface area contributed by atoms with Crippen LogP contribution in [-0.4, -0.2) is 12.1 Å². The van der Waals surface area contributed by atoms with Gasteiger partial charge in [0, 0.05) is 35.8 Å². The predicted octanol–water partition coefficient (Wildman–Crippen LogP) is 4.43. The number of methoxy groups -OCH3 is 1. The Morgan fingerprint density at radius 1 is 1.22 bits per heavy atom. The van der Waals surface area contributed by atoms with Crippen LogP contribution in [0.5, 0.6) is 5.88 Å². The van der Waals surface area contributed by atoms with E-state index in [2.05, 4.69) is 21.8 Å². The van der Waals surface area contributed by atoms with E-state index in [1.165, 1.54) is 0 Å². The maximum Gasteiger partial charge on any atom is 0.212 e. The van der Waals surface area contributed by atoms with E-state index in [0.717, 1.165) is 5.56 Å². The monoisotopic (exact) mass is 298 g/mol. The lowest BCUT2D eigenvalue weighted by atomic mass is 10.1. The van der Waals surface area contributed by atoms with Gasteiger partial charge in [0.1, 0.15) is 0 Å². The number of hydrogen-bond donors (Lipinski definition) is 0. The first kappa shape index (κ1) is 13.2. The lowest BCUT2D eigenvalue weighted by molar-refractivity contribution is 0.398. The summed E-state index contributed by atoms with van der Waals surface area (Å²) in [7, 11) is 1.56. The van der Waals surface area contributed by atoms with Gasteiger partial charge in [0.25, 0.3) is 0 Å². The molecule has 0 fully saturated rings. The van der Waals surface area contributed by atoms with E-state index in [-0.39, 0.29) is 0 Å². The zero-order chi connectivity index (χ0) is 13.1. The van der Waals surface area contributed by atoms with Crippen LogP contribution < -0.4 is 4.74 Å². The van der Waals surface area contributed by atoms with Gasteiger partial charge >= 0.3 is 0 Å². The molecule has 1 aromatic heterocycles. The van der Waals surface area contributed by atoms with Crippen LogP contribution in [0.25, 0.3) is 11.1 Å². The lowest BCUT2D eigenvalue weighted by Gasteiger charge is -2.08. The largest absolute Gasteiger partial charge is 0.481 e. The summed E-state index contributed by atoms with van der Waals surface area (Å²) in [6, 6.07) is 6.91. The van der Waals surface area contributed by atoms with Crippen molar-refractivity contribution in [3.8, 4) is 17.0 Å². The van der Waals surface area contributed by atoms with Crippen molar-refractivity contribution >= 4 is 41.3 Å². The molecule has 0 saturated heterocycles. The molecule has 0 aliphatic carbocycles. The zero-order valence-corrected chi connectivity index (χ0v) is 11.7. The van der Waals surface area contributed by atoms with Crippen molar-refractivity contribution in [3.05, 3.63) is 40.5 Å². The van der Waals surface area contributed by atoms with Gasteiger partial charge in [-0.2, -0.15) is 4.36 Å². The van der Waals surface area contributed by atoms with Crippen LogP contribution in [-0.2, 0) is 12.4 Å². The Hall–Kier alpha value is -1.23. The minimum atomic E-state index is 0.484. The Kier molecular flexibility index (Phi) is 4.11. The van der Waals surface area contributed by atoms with Crippen molar-refractivity contribution in [3.63, 3.8) is 0 Å². The van der Waals surface area contributed by atoms with E-state index < -0.39 is 0 Å². The summed E-state index contributed by atoms with van der Waals surface area (Å²) >= 11 is 17.0. The second kappa shape index (κ2) is 5.61. The fourth-order valence-electron chi connectivity index (χ4n) is 1.54. The van der Waals surface area contributed by atoms with Crippen molar-refractivity contribution in [2.75, 3.05) is 7.11 Å². The SMILES string of the molecule is COc1ccc(-c2c(Cl)cc(N=S)cc2Cl)cn1. The number of aromatic nitrogens is 1. The first-order valence-electron chi connectivity index (χ1n) is 4.98. The van der Waals surface area contributed by atoms with Crippen molar-refractivity contribution in [2.45, 2.75) is 0 Å². The summed E-state index contributed by atoms with van der Waals surface area (Å²) in [6.45, 7) is 0. The molecule has 3 nitrogen and oxygen atoms in total. The van der Waals surface area contributed by atoms with Gasteiger partial charge in [0.15, 0.2) is 0 Å². The maximum absolute atomic E-state index is 6.17. The summed E-state index contributed by atoms with van der Waals surface area (Å²) in [5.74, 6) is 0.531. The van der Waals surface area contributed by atoms with Crippen molar-refractivity contribution in [2.24, 2.45) is 4.36 Å². The molecule has 1 aromatic carbocycles. The molecule has 0 saturated carbocycles. The third-order valence-electron chi connectivity index (χ3n) is 2.37. The molecule has 0 spiro atoms. The summed E-state index contributed by atoms with van der Waals surface area (Å²) in [4.78, 5) is 4.11. The van der Waals surface area contributed by atoms with E-state index in [9.17, 15) is 0 Å². The van der Waals surface area contributed by atoms with Crippen LogP contribution in [0, 0.1) is 0 Å². The molecule has 6 heteroatoms. The summed E-state index contributed by atoms with van der Waals surface area (Å²) in [6.07, 6.45) is 1.65. The number of rotatable bonds is 3. The van der Waals surface area contributed by atoms with Crippen LogP contribution >= 0.6 is 23.2 Å². The summed E-state index contributed by atoms with van der Waals surface area (Å²) in [5, 5.41) is 0.969. The minimum Gasteiger partial charge on any atom is -0.481 e. The quantitative estimate of drug-likeness (QED) is 0.841. The smallest absolute Gasteiger partial charge is 0.212 e. The van der Waals surface area contributed by atoms with E-state index >= 15 is 0 Å².